The van der Waals surface area contributed by atoms with Crippen molar-refractivity contribution in [3.63, 3.8) is 0 Å². The minimum Gasteiger partial charge on any atom is -0.316 e. The molecule has 0 aliphatic carbocycles. The second kappa shape index (κ2) is 5.48. The van der Waals surface area contributed by atoms with Gasteiger partial charge in [0.15, 0.2) is 0 Å². The van der Waals surface area contributed by atoms with Gasteiger partial charge in [-0.2, -0.15) is 5.10 Å². The van der Waals surface area contributed by atoms with Crippen LogP contribution in [-0.2, 0) is 13.0 Å². The monoisotopic (exact) mass is 257 g/mol. The molecular formula is C14H19N5. The zero-order chi connectivity index (χ0) is 13.1. The molecule has 0 saturated carbocycles. The minimum atomic E-state index is 0.707. The minimum absolute atomic E-state index is 0.707. The zero-order valence-electron chi connectivity index (χ0n) is 11.2. The van der Waals surface area contributed by atoms with Gasteiger partial charge in [0, 0.05) is 18.4 Å². The fourth-order valence-corrected chi connectivity index (χ4v) is 2.64. The molecule has 5 heteroatoms. The molecule has 0 bridgehead atoms. The first-order chi connectivity index (χ1) is 9.36. The fraction of sp³-hybridized carbons (Fsp3) is 0.500. The van der Waals surface area contributed by atoms with Crippen LogP contribution in [0, 0.1) is 5.92 Å². The van der Waals surface area contributed by atoms with Crippen molar-refractivity contribution < 1.29 is 0 Å². The van der Waals surface area contributed by atoms with E-state index in [1.807, 2.05) is 16.9 Å². The van der Waals surface area contributed by atoms with Gasteiger partial charge < -0.3 is 5.32 Å². The van der Waals surface area contributed by atoms with Gasteiger partial charge in [-0.25, -0.2) is 9.97 Å². The Morgan fingerprint density at radius 2 is 2.37 bits per heavy atom. The van der Waals surface area contributed by atoms with Crippen molar-refractivity contribution in [1.82, 2.24) is 25.1 Å². The smallest absolute Gasteiger partial charge is 0.116 e. The summed E-state index contributed by atoms with van der Waals surface area (Å²) in [6.07, 6.45) is 5.76. The maximum Gasteiger partial charge on any atom is 0.116 e. The van der Waals surface area contributed by atoms with E-state index in [4.69, 9.17) is 0 Å². The van der Waals surface area contributed by atoms with E-state index in [-0.39, 0.29) is 0 Å². The molecular weight excluding hydrogens is 238 g/mol. The van der Waals surface area contributed by atoms with Gasteiger partial charge >= 0.3 is 0 Å². The quantitative estimate of drug-likeness (QED) is 0.902. The maximum atomic E-state index is 4.40. The van der Waals surface area contributed by atoms with E-state index in [0.717, 1.165) is 43.1 Å². The highest BCUT2D eigenvalue weighted by Gasteiger charge is 2.16. The lowest BCUT2D eigenvalue weighted by molar-refractivity contribution is 0.571. The van der Waals surface area contributed by atoms with Gasteiger partial charge in [0.05, 0.1) is 11.4 Å². The van der Waals surface area contributed by atoms with Crippen molar-refractivity contribution in [2.45, 2.75) is 26.3 Å². The zero-order valence-corrected chi connectivity index (χ0v) is 11.2. The molecule has 0 aromatic carbocycles. The van der Waals surface area contributed by atoms with Crippen molar-refractivity contribution in [2.75, 3.05) is 13.1 Å². The van der Waals surface area contributed by atoms with E-state index in [9.17, 15) is 0 Å². The normalized spacial score (nSPS) is 18.9. The Hall–Kier alpha value is -1.75. The summed E-state index contributed by atoms with van der Waals surface area (Å²) in [4.78, 5) is 8.78. The average molecular weight is 257 g/mol. The SMILES string of the molecule is CCn1nccc1-c1cc(CC2CCNC2)ncn1. The van der Waals surface area contributed by atoms with Crippen LogP contribution in [0.25, 0.3) is 11.4 Å². The average Bonchev–Trinajstić information content (AvgIpc) is 3.09. The van der Waals surface area contributed by atoms with E-state index >= 15 is 0 Å². The second-order valence-corrected chi connectivity index (χ2v) is 4.99. The van der Waals surface area contributed by atoms with Gasteiger partial charge in [0.1, 0.15) is 6.33 Å². The molecule has 0 radical (unpaired) electrons. The largest absolute Gasteiger partial charge is 0.316 e. The Kier molecular flexibility index (Phi) is 3.55. The summed E-state index contributed by atoms with van der Waals surface area (Å²) in [6, 6.07) is 4.11. The number of rotatable bonds is 4. The highest BCUT2D eigenvalue weighted by Crippen LogP contribution is 2.19. The highest BCUT2D eigenvalue weighted by atomic mass is 15.3. The Bertz CT molecular complexity index is 542. The summed E-state index contributed by atoms with van der Waals surface area (Å²) in [5.41, 5.74) is 3.16. The highest BCUT2D eigenvalue weighted by molar-refractivity contribution is 5.54. The van der Waals surface area contributed by atoms with E-state index in [1.54, 1.807) is 6.33 Å². The number of aryl methyl sites for hydroxylation is 1. The summed E-state index contributed by atoms with van der Waals surface area (Å²) in [6.45, 7) is 5.18. The van der Waals surface area contributed by atoms with Crippen molar-refractivity contribution >= 4 is 0 Å². The Balaban J connectivity index is 1.83. The van der Waals surface area contributed by atoms with Crippen LogP contribution in [0.15, 0.2) is 24.7 Å². The third kappa shape index (κ3) is 2.66. The van der Waals surface area contributed by atoms with Crippen molar-refractivity contribution in [2.24, 2.45) is 5.92 Å². The molecule has 19 heavy (non-hydrogen) atoms. The molecule has 1 fully saturated rings. The molecule has 5 nitrogen and oxygen atoms in total. The van der Waals surface area contributed by atoms with Crippen LogP contribution in [0.5, 0.6) is 0 Å². The van der Waals surface area contributed by atoms with Crippen molar-refractivity contribution in [3.05, 3.63) is 30.4 Å². The van der Waals surface area contributed by atoms with E-state index in [1.165, 1.54) is 6.42 Å². The third-order valence-electron chi connectivity index (χ3n) is 3.66. The maximum absolute atomic E-state index is 4.40. The van der Waals surface area contributed by atoms with Crippen LogP contribution in [-0.4, -0.2) is 32.8 Å². The Morgan fingerprint density at radius 1 is 1.42 bits per heavy atom. The Morgan fingerprint density at radius 3 is 3.16 bits per heavy atom. The number of hydrogen-bond acceptors (Lipinski definition) is 4. The van der Waals surface area contributed by atoms with Crippen LogP contribution < -0.4 is 5.32 Å². The van der Waals surface area contributed by atoms with Crippen LogP contribution in [0.1, 0.15) is 19.0 Å². The summed E-state index contributed by atoms with van der Waals surface area (Å²) >= 11 is 0. The van der Waals surface area contributed by atoms with Crippen LogP contribution >= 0.6 is 0 Å². The Labute approximate surface area is 113 Å². The van der Waals surface area contributed by atoms with Crippen LogP contribution in [0.4, 0.5) is 0 Å². The number of hydrogen-bond donors (Lipinski definition) is 1. The summed E-state index contributed by atoms with van der Waals surface area (Å²) in [7, 11) is 0. The molecule has 1 unspecified atom stereocenters. The predicted molar refractivity (Wildman–Crippen MR) is 73.6 cm³/mol. The number of nitrogens with zero attached hydrogens (tertiary/aromatic N) is 4. The topological polar surface area (TPSA) is 55.6 Å². The summed E-state index contributed by atoms with van der Waals surface area (Å²) in [5.74, 6) is 0.707. The van der Waals surface area contributed by atoms with Crippen LogP contribution in [0.3, 0.4) is 0 Å². The predicted octanol–water partition coefficient (Wildman–Crippen LogP) is 1.51. The molecule has 3 heterocycles. The molecule has 1 saturated heterocycles. The molecule has 100 valence electrons. The van der Waals surface area contributed by atoms with E-state index in [0.29, 0.717) is 5.92 Å². The van der Waals surface area contributed by atoms with Gasteiger partial charge in [0.25, 0.3) is 0 Å². The van der Waals surface area contributed by atoms with E-state index in [2.05, 4.69) is 33.4 Å². The first-order valence-corrected chi connectivity index (χ1v) is 6.90. The van der Waals surface area contributed by atoms with Gasteiger partial charge in [-0.3, -0.25) is 4.68 Å². The molecule has 0 spiro atoms. The van der Waals surface area contributed by atoms with Crippen LogP contribution in [0.2, 0.25) is 0 Å². The number of aromatic nitrogens is 4. The fourth-order valence-electron chi connectivity index (χ4n) is 2.64. The lowest BCUT2D eigenvalue weighted by Crippen LogP contribution is -2.11. The summed E-state index contributed by atoms with van der Waals surface area (Å²) in [5, 5.41) is 7.69. The molecule has 1 N–H and O–H groups in total. The molecule has 2 aromatic rings. The first kappa shape index (κ1) is 12.3. The summed E-state index contributed by atoms with van der Waals surface area (Å²) < 4.78 is 1.96. The molecule has 0 amide bonds. The van der Waals surface area contributed by atoms with Gasteiger partial charge in [-0.15, -0.1) is 0 Å². The number of nitrogens with one attached hydrogen (secondary N) is 1. The van der Waals surface area contributed by atoms with Crippen molar-refractivity contribution in [3.8, 4) is 11.4 Å². The van der Waals surface area contributed by atoms with E-state index < -0.39 is 0 Å². The second-order valence-electron chi connectivity index (χ2n) is 4.99. The molecule has 1 atom stereocenters. The first-order valence-electron chi connectivity index (χ1n) is 6.90. The van der Waals surface area contributed by atoms with Gasteiger partial charge in [-0.05, 0) is 50.9 Å². The van der Waals surface area contributed by atoms with Gasteiger partial charge in [-0.1, -0.05) is 0 Å². The lowest BCUT2D eigenvalue weighted by atomic mass is 10.0. The molecule has 1 aliphatic rings. The third-order valence-corrected chi connectivity index (χ3v) is 3.66. The molecule has 3 rings (SSSR count). The van der Waals surface area contributed by atoms with Crippen molar-refractivity contribution in [1.29, 1.82) is 0 Å². The standard InChI is InChI=1S/C14H19N5/c1-2-19-14(4-6-18-19)13-8-12(16-10-17-13)7-11-3-5-15-9-11/h4,6,8,10-11,15H,2-3,5,7,9H2,1H3. The lowest BCUT2D eigenvalue weighted by Gasteiger charge is -2.09. The van der Waals surface area contributed by atoms with Gasteiger partial charge in [0.2, 0.25) is 0 Å². The molecule has 1 aliphatic heterocycles. The molecule has 2 aromatic heterocycles.